The van der Waals surface area contributed by atoms with E-state index in [1.807, 2.05) is 12.1 Å². The van der Waals surface area contributed by atoms with Gasteiger partial charge in [-0.1, -0.05) is 6.07 Å². The molecular weight excluding hydrogens is 261 g/mol. The third-order valence-corrected chi connectivity index (χ3v) is 2.80. The van der Waals surface area contributed by atoms with Gasteiger partial charge in [-0.3, -0.25) is 15.1 Å². The lowest BCUT2D eigenvalue weighted by Gasteiger charge is -2.05. The summed E-state index contributed by atoms with van der Waals surface area (Å²) in [5.74, 6) is -0.594. The molecule has 0 bridgehead atoms. The highest BCUT2D eigenvalue weighted by Crippen LogP contribution is 2.16. The number of halogens is 1. The van der Waals surface area contributed by atoms with Gasteiger partial charge < -0.3 is 5.32 Å². The zero-order chi connectivity index (χ0) is 14.4. The number of aromatic nitrogens is 1. The van der Waals surface area contributed by atoms with Crippen LogP contribution in [0.4, 0.5) is 10.1 Å². The molecule has 2 aromatic rings. The summed E-state index contributed by atoms with van der Waals surface area (Å²) >= 11 is 0. The van der Waals surface area contributed by atoms with Crippen LogP contribution in [0.1, 0.15) is 11.1 Å². The monoisotopic (exact) mass is 275 g/mol. The smallest absolute Gasteiger partial charge is 0.272 e. The maximum absolute atomic E-state index is 13.2. The Balaban J connectivity index is 1.86. The molecule has 1 N–H and O–H groups in total. The summed E-state index contributed by atoms with van der Waals surface area (Å²) in [6, 6.07) is 7.43. The highest BCUT2D eigenvalue weighted by Gasteiger charge is 2.09. The first-order valence-electron chi connectivity index (χ1n) is 6.18. The number of hydrogen-bond donors (Lipinski definition) is 1. The highest BCUT2D eigenvalue weighted by atomic mass is 19.1. The molecule has 0 radical (unpaired) electrons. The lowest BCUT2D eigenvalue weighted by atomic mass is 10.2. The number of nitrogens with one attached hydrogen (secondary N) is 1. The van der Waals surface area contributed by atoms with Gasteiger partial charge in [-0.05, 0) is 36.2 Å². The number of benzene rings is 1. The zero-order valence-electron chi connectivity index (χ0n) is 10.8. The van der Waals surface area contributed by atoms with Crippen molar-refractivity contribution < 1.29 is 9.31 Å². The van der Waals surface area contributed by atoms with Gasteiger partial charge >= 0.3 is 0 Å². The summed E-state index contributed by atoms with van der Waals surface area (Å²) in [4.78, 5) is 14.0. The Labute approximate surface area is 115 Å². The topological polar surface area (TPSA) is 68.1 Å². The van der Waals surface area contributed by atoms with Crippen LogP contribution < -0.4 is 5.32 Å². The first-order valence-corrected chi connectivity index (χ1v) is 6.18. The molecule has 0 atom stereocenters. The van der Waals surface area contributed by atoms with Crippen LogP contribution in [0.3, 0.4) is 0 Å². The predicted molar refractivity (Wildman–Crippen MR) is 72.7 cm³/mol. The summed E-state index contributed by atoms with van der Waals surface area (Å²) in [6.45, 7) is 1.08. The molecule has 0 spiro atoms. The van der Waals surface area contributed by atoms with E-state index in [4.69, 9.17) is 0 Å². The van der Waals surface area contributed by atoms with E-state index in [1.54, 1.807) is 12.4 Å². The van der Waals surface area contributed by atoms with E-state index in [-0.39, 0.29) is 5.69 Å². The van der Waals surface area contributed by atoms with Crippen molar-refractivity contribution in [2.45, 2.75) is 13.0 Å². The van der Waals surface area contributed by atoms with Gasteiger partial charge in [0.05, 0.1) is 11.0 Å². The van der Waals surface area contributed by atoms with Gasteiger partial charge in [0.1, 0.15) is 5.82 Å². The number of rotatable bonds is 6. The second-order valence-corrected chi connectivity index (χ2v) is 4.36. The molecule has 104 valence electrons. The summed E-state index contributed by atoms with van der Waals surface area (Å²) in [5, 5.41) is 13.8. The number of nitro benzene ring substituents is 1. The number of nitro groups is 1. The summed E-state index contributed by atoms with van der Waals surface area (Å²) in [6.07, 6.45) is 4.29. The van der Waals surface area contributed by atoms with Crippen LogP contribution in [0.2, 0.25) is 0 Å². The second-order valence-electron chi connectivity index (χ2n) is 4.36. The fourth-order valence-corrected chi connectivity index (χ4v) is 1.85. The SMILES string of the molecule is O=[N+]([O-])c1cc(F)cc(CNCCc2cccnc2)c1. The minimum Gasteiger partial charge on any atom is -0.312 e. The van der Waals surface area contributed by atoms with Crippen LogP contribution in [0.15, 0.2) is 42.7 Å². The van der Waals surface area contributed by atoms with Crippen LogP contribution in [-0.4, -0.2) is 16.5 Å². The number of non-ortho nitro benzene ring substituents is 1. The third kappa shape index (κ3) is 4.10. The Bertz CT molecular complexity index is 590. The normalized spacial score (nSPS) is 10.4. The zero-order valence-corrected chi connectivity index (χ0v) is 10.8. The van der Waals surface area contributed by atoms with Gasteiger partial charge in [0.15, 0.2) is 0 Å². The fraction of sp³-hybridized carbons (Fsp3) is 0.214. The summed E-state index contributed by atoms with van der Waals surface area (Å²) < 4.78 is 13.2. The minimum absolute atomic E-state index is 0.228. The van der Waals surface area contributed by atoms with E-state index in [2.05, 4.69) is 10.3 Å². The number of nitrogens with zero attached hydrogens (tertiary/aromatic N) is 2. The van der Waals surface area contributed by atoms with Crippen molar-refractivity contribution in [3.8, 4) is 0 Å². The Morgan fingerprint density at radius 2 is 2.15 bits per heavy atom. The lowest BCUT2D eigenvalue weighted by molar-refractivity contribution is -0.385. The Morgan fingerprint density at radius 3 is 2.85 bits per heavy atom. The Kier molecular flexibility index (Phi) is 4.73. The Morgan fingerprint density at radius 1 is 1.30 bits per heavy atom. The third-order valence-electron chi connectivity index (χ3n) is 2.80. The number of pyridine rings is 1. The van der Waals surface area contributed by atoms with Crippen molar-refractivity contribution >= 4 is 5.69 Å². The van der Waals surface area contributed by atoms with E-state index in [0.717, 1.165) is 18.1 Å². The maximum atomic E-state index is 13.2. The van der Waals surface area contributed by atoms with Gasteiger partial charge in [-0.2, -0.15) is 0 Å². The van der Waals surface area contributed by atoms with E-state index < -0.39 is 10.7 Å². The average Bonchev–Trinajstić information content (AvgIpc) is 2.44. The highest BCUT2D eigenvalue weighted by molar-refractivity contribution is 5.35. The second kappa shape index (κ2) is 6.72. The van der Waals surface area contributed by atoms with Gasteiger partial charge in [0.2, 0.25) is 0 Å². The van der Waals surface area contributed by atoms with E-state index in [1.165, 1.54) is 12.1 Å². The largest absolute Gasteiger partial charge is 0.312 e. The van der Waals surface area contributed by atoms with Gasteiger partial charge in [-0.25, -0.2) is 4.39 Å². The van der Waals surface area contributed by atoms with E-state index >= 15 is 0 Å². The van der Waals surface area contributed by atoms with Crippen LogP contribution in [0.5, 0.6) is 0 Å². The number of hydrogen-bond acceptors (Lipinski definition) is 4. The molecule has 0 saturated heterocycles. The Hall–Kier alpha value is -2.34. The average molecular weight is 275 g/mol. The molecule has 2 rings (SSSR count). The molecule has 0 aliphatic carbocycles. The quantitative estimate of drug-likeness (QED) is 0.499. The molecule has 0 fully saturated rings. The van der Waals surface area contributed by atoms with Crippen molar-refractivity contribution in [1.82, 2.24) is 10.3 Å². The van der Waals surface area contributed by atoms with Crippen LogP contribution in [0, 0.1) is 15.9 Å². The molecule has 0 unspecified atom stereocenters. The fourth-order valence-electron chi connectivity index (χ4n) is 1.85. The standard InChI is InChI=1S/C14H14FN3O2/c15-13-6-12(7-14(8-13)18(19)20)10-17-5-3-11-2-1-4-16-9-11/h1-2,4,6-9,17H,3,5,10H2. The molecule has 1 aromatic carbocycles. The molecular formula is C14H14FN3O2. The van der Waals surface area contributed by atoms with Crippen molar-refractivity contribution in [3.05, 3.63) is 69.8 Å². The van der Waals surface area contributed by atoms with Gasteiger partial charge in [0.25, 0.3) is 5.69 Å². The molecule has 0 saturated carbocycles. The van der Waals surface area contributed by atoms with Gasteiger partial charge in [-0.15, -0.1) is 0 Å². The minimum atomic E-state index is -0.595. The van der Waals surface area contributed by atoms with E-state index in [9.17, 15) is 14.5 Å². The molecule has 1 heterocycles. The molecule has 1 aromatic heterocycles. The first-order chi connectivity index (χ1) is 9.65. The van der Waals surface area contributed by atoms with Crippen LogP contribution in [0.25, 0.3) is 0 Å². The molecule has 0 aliphatic heterocycles. The molecule has 0 aliphatic rings. The van der Waals surface area contributed by atoms with Crippen LogP contribution in [-0.2, 0) is 13.0 Å². The van der Waals surface area contributed by atoms with Gasteiger partial charge in [0, 0.05) is 25.0 Å². The molecule has 6 heteroatoms. The predicted octanol–water partition coefficient (Wildman–Crippen LogP) is 2.46. The molecule has 0 amide bonds. The molecule has 5 nitrogen and oxygen atoms in total. The first kappa shape index (κ1) is 14.1. The van der Waals surface area contributed by atoms with Crippen molar-refractivity contribution in [2.24, 2.45) is 0 Å². The summed E-state index contributed by atoms with van der Waals surface area (Å²) in [7, 11) is 0. The van der Waals surface area contributed by atoms with Crippen molar-refractivity contribution in [3.63, 3.8) is 0 Å². The maximum Gasteiger partial charge on any atom is 0.272 e. The van der Waals surface area contributed by atoms with Crippen molar-refractivity contribution in [2.75, 3.05) is 6.54 Å². The molecule has 20 heavy (non-hydrogen) atoms. The van der Waals surface area contributed by atoms with E-state index in [0.29, 0.717) is 18.7 Å². The van der Waals surface area contributed by atoms with Crippen molar-refractivity contribution in [1.29, 1.82) is 0 Å². The summed E-state index contributed by atoms with van der Waals surface area (Å²) in [5.41, 5.74) is 1.43. The lowest BCUT2D eigenvalue weighted by Crippen LogP contribution is -2.17. The van der Waals surface area contributed by atoms with Crippen LogP contribution >= 0.6 is 0 Å².